The monoisotopic (exact) mass is 433 g/mol. The SMILES string of the molecule is Cc1c(Cc2ccccc2)nnc(N2CCC(F)(c3ccc(C(C)(C)O)cc3)CC2)c1C. The number of aromatic nitrogens is 2. The average Bonchev–Trinajstić information content (AvgIpc) is 2.78. The molecule has 0 bridgehead atoms. The lowest BCUT2D eigenvalue weighted by Crippen LogP contribution is -2.41. The number of piperidine rings is 1. The van der Waals surface area contributed by atoms with Crippen LogP contribution in [0.2, 0.25) is 0 Å². The van der Waals surface area contributed by atoms with Crippen LogP contribution < -0.4 is 4.90 Å². The second-order valence-electron chi connectivity index (χ2n) is 9.47. The lowest BCUT2D eigenvalue weighted by atomic mass is 9.84. The number of hydrogen-bond acceptors (Lipinski definition) is 4. The molecule has 1 N–H and O–H groups in total. The summed E-state index contributed by atoms with van der Waals surface area (Å²) < 4.78 is 15.8. The van der Waals surface area contributed by atoms with Crippen molar-refractivity contribution in [2.24, 2.45) is 0 Å². The van der Waals surface area contributed by atoms with Crippen molar-refractivity contribution in [2.45, 2.75) is 58.2 Å². The van der Waals surface area contributed by atoms with E-state index in [0.717, 1.165) is 34.6 Å². The second-order valence-corrected chi connectivity index (χ2v) is 9.47. The van der Waals surface area contributed by atoms with Gasteiger partial charge in [-0.15, -0.1) is 5.10 Å². The van der Waals surface area contributed by atoms with Gasteiger partial charge in [-0.05, 0) is 55.5 Å². The highest BCUT2D eigenvalue weighted by atomic mass is 19.1. The van der Waals surface area contributed by atoms with E-state index in [9.17, 15) is 5.11 Å². The number of alkyl halides is 1. The predicted octanol–water partition coefficient (Wildman–Crippen LogP) is 5.38. The summed E-state index contributed by atoms with van der Waals surface area (Å²) in [7, 11) is 0. The van der Waals surface area contributed by atoms with E-state index < -0.39 is 11.3 Å². The van der Waals surface area contributed by atoms with E-state index in [0.29, 0.717) is 31.5 Å². The summed E-state index contributed by atoms with van der Waals surface area (Å²) in [6.45, 7) is 8.84. The Bertz CT molecular complexity index is 1070. The molecule has 1 aromatic heterocycles. The molecule has 0 aliphatic carbocycles. The van der Waals surface area contributed by atoms with Gasteiger partial charge >= 0.3 is 0 Å². The summed E-state index contributed by atoms with van der Waals surface area (Å²) in [6.07, 6.45) is 1.57. The van der Waals surface area contributed by atoms with Gasteiger partial charge in [-0.3, -0.25) is 0 Å². The Labute approximate surface area is 190 Å². The molecule has 2 heterocycles. The average molecular weight is 434 g/mol. The third-order valence-corrected chi connectivity index (χ3v) is 6.77. The zero-order valence-electron chi connectivity index (χ0n) is 19.4. The van der Waals surface area contributed by atoms with Crippen LogP contribution in [0.25, 0.3) is 0 Å². The Balaban J connectivity index is 1.47. The Morgan fingerprint density at radius 3 is 2.16 bits per heavy atom. The molecule has 168 valence electrons. The maximum absolute atomic E-state index is 15.8. The van der Waals surface area contributed by atoms with Crippen LogP contribution in [-0.2, 0) is 17.7 Å². The van der Waals surface area contributed by atoms with Crippen LogP contribution in [0.15, 0.2) is 54.6 Å². The van der Waals surface area contributed by atoms with Gasteiger partial charge < -0.3 is 10.0 Å². The maximum atomic E-state index is 15.8. The van der Waals surface area contributed by atoms with Crippen molar-refractivity contribution in [2.75, 3.05) is 18.0 Å². The van der Waals surface area contributed by atoms with E-state index in [1.165, 1.54) is 5.56 Å². The molecule has 1 fully saturated rings. The van der Waals surface area contributed by atoms with Crippen molar-refractivity contribution in [3.63, 3.8) is 0 Å². The first-order valence-electron chi connectivity index (χ1n) is 11.3. The molecule has 0 saturated carbocycles. The molecular weight excluding hydrogens is 401 g/mol. The predicted molar refractivity (Wildman–Crippen MR) is 127 cm³/mol. The Hall–Kier alpha value is -2.79. The number of benzene rings is 2. The number of hydrogen-bond donors (Lipinski definition) is 1. The molecule has 3 aromatic rings. The first-order valence-corrected chi connectivity index (χ1v) is 11.3. The minimum atomic E-state index is -1.36. The van der Waals surface area contributed by atoms with E-state index in [4.69, 9.17) is 0 Å². The first-order chi connectivity index (χ1) is 15.2. The minimum absolute atomic E-state index is 0.404. The van der Waals surface area contributed by atoms with Gasteiger partial charge in [0.2, 0.25) is 0 Å². The zero-order chi connectivity index (χ0) is 22.9. The second kappa shape index (κ2) is 8.62. The van der Waals surface area contributed by atoms with Gasteiger partial charge in [-0.25, -0.2) is 4.39 Å². The molecule has 32 heavy (non-hydrogen) atoms. The van der Waals surface area contributed by atoms with Crippen molar-refractivity contribution >= 4 is 5.82 Å². The standard InChI is InChI=1S/C27H32FN3O/c1-19-20(2)25(30-29-24(19)18-21-8-6-5-7-9-21)31-16-14-27(28,15-17-31)23-12-10-22(11-13-23)26(3,4)32/h5-13,32H,14-18H2,1-4H3. The quantitative estimate of drug-likeness (QED) is 0.587. The van der Waals surface area contributed by atoms with E-state index in [1.807, 2.05) is 42.5 Å². The van der Waals surface area contributed by atoms with Crippen LogP contribution >= 0.6 is 0 Å². The van der Waals surface area contributed by atoms with Crippen LogP contribution in [0.1, 0.15) is 60.2 Å². The minimum Gasteiger partial charge on any atom is -0.386 e. The molecule has 5 heteroatoms. The van der Waals surface area contributed by atoms with Crippen LogP contribution in [-0.4, -0.2) is 28.4 Å². The van der Waals surface area contributed by atoms with Crippen LogP contribution in [0.4, 0.5) is 10.2 Å². The first kappa shape index (κ1) is 22.4. The molecule has 0 atom stereocenters. The smallest absolute Gasteiger partial charge is 0.154 e. The molecule has 0 spiro atoms. The van der Waals surface area contributed by atoms with E-state index in [1.54, 1.807) is 13.8 Å². The number of rotatable bonds is 5. The molecule has 1 saturated heterocycles. The van der Waals surface area contributed by atoms with Crippen molar-refractivity contribution in [1.29, 1.82) is 0 Å². The van der Waals surface area contributed by atoms with Gasteiger partial charge in [0.05, 0.1) is 11.3 Å². The fourth-order valence-electron chi connectivity index (χ4n) is 4.44. The molecule has 2 aromatic carbocycles. The fourth-order valence-corrected chi connectivity index (χ4v) is 4.44. The number of anilines is 1. The highest BCUT2D eigenvalue weighted by Crippen LogP contribution is 2.39. The third-order valence-electron chi connectivity index (χ3n) is 6.77. The summed E-state index contributed by atoms with van der Waals surface area (Å²) in [5.41, 5.74) is 3.66. The lowest BCUT2D eigenvalue weighted by molar-refractivity contribution is 0.0782. The molecule has 0 radical (unpaired) electrons. The fraction of sp³-hybridized carbons (Fsp3) is 0.407. The molecule has 4 rings (SSSR count). The van der Waals surface area contributed by atoms with Crippen molar-refractivity contribution < 1.29 is 9.50 Å². The molecule has 1 aliphatic rings. The number of aliphatic hydroxyl groups is 1. The van der Waals surface area contributed by atoms with E-state index in [-0.39, 0.29) is 0 Å². The number of halogens is 1. The topological polar surface area (TPSA) is 49.2 Å². The van der Waals surface area contributed by atoms with Gasteiger partial charge in [0.1, 0.15) is 5.67 Å². The highest BCUT2D eigenvalue weighted by Gasteiger charge is 2.37. The van der Waals surface area contributed by atoms with Gasteiger partial charge in [-0.1, -0.05) is 54.6 Å². The van der Waals surface area contributed by atoms with Crippen LogP contribution in [0.3, 0.4) is 0 Å². The molecule has 4 nitrogen and oxygen atoms in total. The van der Waals surface area contributed by atoms with Gasteiger partial charge in [0, 0.05) is 32.4 Å². The van der Waals surface area contributed by atoms with Crippen LogP contribution in [0.5, 0.6) is 0 Å². The summed E-state index contributed by atoms with van der Waals surface area (Å²) >= 11 is 0. The largest absolute Gasteiger partial charge is 0.386 e. The van der Waals surface area contributed by atoms with Gasteiger partial charge in [0.25, 0.3) is 0 Å². The number of nitrogens with zero attached hydrogens (tertiary/aromatic N) is 3. The molecular formula is C27H32FN3O. The van der Waals surface area contributed by atoms with Gasteiger partial charge in [-0.2, -0.15) is 5.10 Å². The Morgan fingerprint density at radius 1 is 0.938 bits per heavy atom. The molecule has 0 amide bonds. The third kappa shape index (κ3) is 4.53. The maximum Gasteiger partial charge on any atom is 0.154 e. The van der Waals surface area contributed by atoms with E-state index in [2.05, 4.69) is 41.1 Å². The van der Waals surface area contributed by atoms with Gasteiger partial charge in [0.15, 0.2) is 5.82 Å². The van der Waals surface area contributed by atoms with E-state index >= 15 is 4.39 Å². The van der Waals surface area contributed by atoms with Crippen molar-refractivity contribution in [1.82, 2.24) is 10.2 Å². The van der Waals surface area contributed by atoms with Crippen molar-refractivity contribution in [3.8, 4) is 0 Å². The highest BCUT2D eigenvalue weighted by molar-refractivity contribution is 5.51. The lowest BCUT2D eigenvalue weighted by Gasteiger charge is -2.38. The normalized spacial score (nSPS) is 16.2. The summed E-state index contributed by atoms with van der Waals surface area (Å²) in [4.78, 5) is 2.16. The zero-order valence-corrected chi connectivity index (χ0v) is 19.4. The summed E-state index contributed by atoms with van der Waals surface area (Å²) in [5.74, 6) is 0.860. The van der Waals surface area contributed by atoms with Crippen molar-refractivity contribution in [3.05, 3.63) is 88.1 Å². The van der Waals surface area contributed by atoms with Crippen LogP contribution in [0, 0.1) is 13.8 Å². The summed E-state index contributed by atoms with van der Waals surface area (Å²) in [5, 5.41) is 19.2. The summed E-state index contributed by atoms with van der Waals surface area (Å²) in [6, 6.07) is 17.6. The molecule has 0 unspecified atom stereocenters. The Kier molecular flexibility index (Phi) is 6.04. The Morgan fingerprint density at radius 2 is 1.56 bits per heavy atom. The molecule has 1 aliphatic heterocycles.